The Bertz CT molecular complexity index is 599. The minimum absolute atomic E-state index is 0.0145. The van der Waals surface area contributed by atoms with Gasteiger partial charge in [-0.15, -0.1) is 11.6 Å². The van der Waals surface area contributed by atoms with E-state index >= 15 is 0 Å². The third kappa shape index (κ3) is 4.43. The van der Waals surface area contributed by atoms with Gasteiger partial charge < -0.3 is 5.32 Å². The van der Waals surface area contributed by atoms with Crippen LogP contribution in [0.2, 0.25) is 0 Å². The summed E-state index contributed by atoms with van der Waals surface area (Å²) >= 11 is 5.54. The van der Waals surface area contributed by atoms with Gasteiger partial charge in [-0.05, 0) is 5.56 Å². The first-order valence-electron chi connectivity index (χ1n) is 6.69. The number of alkyl halides is 1. The molecule has 108 valence electrons. The Balaban J connectivity index is 2.16. The highest BCUT2D eigenvalue weighted by Gasteiger charge is 2.18. The Kier molecular flexibility index (Phi) is 5.52. The lowest BCUT2D eigenvalue weighted by molar-refractivity contribution is -0.119. The highest BCUT2D eigenvalue weighted by molar-refractivity contribution is 6.27. The van der Waals surface area contributed by atoms with E-state index in [1.807, 2.05) is 48.5 Å². The van der Waals surface area contributed by atoms with E-state index in [4.69, 9.17) is 11.6 Å². The number of amides is 1. The molecule has 0 unspecified atom stereocenters. The second-order valence-electron chi connectivity index (χ2n) is 4.66. The summed E-state index contributed by atoms with van der Waals surface area (Å²) in [5.74, 6) is -0.422. The Morgan fingerprint density at radius 1 is 0.952 bits per heavy atom. The van der Waals surface area contributed by atoms with Gasteiger partial charge in [0.15, 0.2) is 5.78 Å². The lowest BCUT2D eigenvalue weighted by atomic mass is 9.98. The summed E-state index contributed by atoms with van der Waals surface area (Å²) in [5, 5.41) is 2.79. The summed E-state index contributed by atoms with van der Waals surface area (Å²) in [7, 11) is 0. The lowest BCUT2D eigenvalue weighted by Gasteiger charge is -2.18. The molecule has 0 aromatic heterocycles. The molecule has 0 saturated carbocycles. The Labute approximate surface area is 128 Å². The zero-order valence-corrected chi connectivity index (χ0v) is 12.2. The van der Waals surface area contributed by atoms with Crippen molar-refractivity contribution in [2.24, 2.45) is 0 Å². The first-order chi connectivity index (χ1) is 10.2. The van der Waals surface area contributed by atoms with Gasteiger partial charge >= 0.3 is 0 Å². The number of hydrogen-bond acceptors (Lipinski definition) is 2. The largest absolute Gasteiger partial charge is 0.348 e. The molecule has 0 aliphatic rings. The van der Waals surface area contributed by atoms with E-state index in [2.05, 4.69) is 5.32 Å². The van der Waals surface area contributed by atoms with Crippen LogP contribution >= 0.6 is 11.6 Å². The van der Waals surface area contributed by atoms with Gasteiger partial charge in [-0.25, -0.2) is 0 Å². The van der Waals surface area contributed by atoms with Crippen molar-refractivity contribution in [1.29, 1.82) is 0 Å². The van der Waals surface area contributed by atoms with E-state index in [0.29, 0.717) is 5.56 Å². The normalized spacial score (nSPS) is 11.7. The molecule has 2 aromatic rings. The van der Waals surface area contributed by atoms with E-state index < -0.39 is 0 Å². The van der Waals surface area contributed by atoms with Gasteiger partial charge in [-0.3, -0.25) is 9.59 Å². The van der Waals surface area contributed by atoms with Gasteiger partial charge in [0.05, 0.1) is 6.04 Å². The third-order valence-electron chi connectivity index (χ3n) is 3.14. The fourth-order valence-corrected chi connectivity index (χ4v) is 2.17. The molecule has 1 atom stereocenters. The summed E-state index contributed by atoms with van der Waals surface area (Å²) in [4.78, 5) is 23.9. The van der Waals surface area contributed by atoms with Crippen LogP contribution in [-0.2, 0) is 4.79 Å². The van der Waals surface area contributed by atoms with Gasteiger partial charge in [0.25, 0.3) is 0 Å². The van der Waals surface area contributed by atoms with Crippen molar-refractivity contribution in [3.8, 4) is 0 Å². The lowest BCUT2D eigenvalue weighted by Crippen LogP contribution is -2.31. The van der Waals surface area contributed by atoms with E-state index in [0.717, 1.165) is 5.56 Å². The van der Waals surface area contributed by atoms with Crippen molar-refractivity contribution in [2.75, 3.05) is 5.88 Å². The molecule has 0 radical (unpaired) electrons. The number of Topliss-reactive ketones (excluding diaryl/α,β-unsaturated/α-hetero) is 1. The highest BCUT2D eigenvalue weighted by atomic mass is 35.5. The minimum Gasteiger partial charge on any atom is -0.348 e. The maximum Gasteiger partial charge on any atom is 0.235 e. The smallest absolute Gasteiger partial charge is 0.235 e. The van der Waals surface area contributed by atoms with Gasteiger partial charge in [-0.2, -0.15) is 0 Å². The molecular weight excluding hydrogens is 286 g/mol. The Morgan fingerprint density at radius 3 is 2.10 bits per heavy atom. The van der Waals surface area contributed by atoms with Crippen LogP contribution < -0.4 is 5.32 Å². The monoisotopic (exact) mass is 301 g/mol. The molecule has 2 aromatic carbocycles. The summed E-state index contributed by atoms with van der Waals surface area (Å²) in [6.07, 6.45) is 0.205. The molecular formula is C17H16ClNO2. The van der Waals surface area contributed by atoms with Gasteiger partial charge in [0, 0.05) is 12.0 Å². The number of nitrogens with one attached hydrogen (secondary N) is 1. The molecule has 0 aliphatic carbocycles. The average molecular weight is 302 g/mol. The number of benzene rings is 2. The molecule has 1 amide bonds. The predicted octanol–water partition coefficient (Wildman–Crippen LogP) is 3.36. The zero-order valence-electron chi connectivity index (χ0n) is 11.5. The van der Waals surface area contributed by atoms with Crippen LogP contribution in [0.25, 0.3) is 0 Å². The van der Waals surface area contributed by atoms with Crippen LogP contribution in [0.1, 0.15) is 28.4 Å². The number of ketones is 1. The van der Waals surface area contributed by atoms with Gasteiger partial charge in [0.1, 0.15) is 5.88 Å². The number of rotatable bonds is 6. The molecule has 0 saturated heterocycles. The van der Waals surface area contributed by atoms with E-state index in [1.165, 1.54) is 0 Å². The SMILES string of the molecule is O=C(CCl)N[C@@H](CC(=O)c1ccccc1)c1ccccc1. The fraction of sp³-hybridized carbons (Fsp3) is 0.176. The van der Waals surface area contributed by atoms with Crippen LogP contribution in [-0.4, -0.2) is 17.6 Å². The van der Waals surface area contributed by atoms with Crippen molar-refractivity contribution in [2.45, 2.75) is 12.5 Å². The summed E-state index contributed by atoms with van der Waals surface area (Å²) in [6, 6.07) is 18.1. The predicted molar refractivity (Wildman–Crippen MR) is 83.4 cm³/mol. The van der Waals surface area contributed by atoms with Crippen LogP contribution in [0.3, 0.4) is 0 Å². The molecule has 0 bridgehead atoms. The van der Waals surface area contributed by atoms with Crippen LogP contribution in [0.5, 0.6) is 0 Å². The van der Waals surface area contributed by atoms with Crippen molar-refractivity contribution in [3.63, 3.8) is 0 Å². The molecule has 2 rings (SSSR count). The molecule has 0 heterocycles. The molecule has 0 fully saturated rings. The van der Waals surface area contributed by atoms with Crippen LogP contribution in [0, 0.1) is 0 Å². The maximum atomic E-state index is 12.3. The number of halogens is 1. The van der Waals surface area contributed by atoms with E-state index in [-0.39, 0.29) is 30.0 Å². The molecule has 4 heteroatoms. The van der Waals surface area contributed by atoms with Crippen molar-refractivity contribution < 1.29 is 9.59 Å². The second kappa shape index (κ2) is 7.60. The number of hydrogen-bond donors (Lipinski definition) is 1. The summed E-state index contributed by atoms with van der Waals surface area (Å²) in [6.45, 7) is 0. The summed E-state index contributed by atoms with van der Waals surface area (Å²) < 4.78 is 0. The number of carbonyl (C=O) groups is 2. The molecule has 21 heavy (non-hydrogen) atoms. The molecule has 1 N–H and O–H groups in total. The van der Waals surface area contributed by atoms with Crippen LogP contribution in [0.4, 0.5) is 0 Å². The molecule has 0 spiro atoms. The van der Waals surface area contributed by atoms with Crippen molar-refractivity contribution >= 4 is 23.3 Å². The maximum absolute atomic E-state index is 12.3. The third-order valence-corrected chi connectivity index (χ3v) is 3.39. The second-order valence-corrected chi connectivity index (χ2v) is 4.93. The quantitative estimate of drug-likeness (QED) is 0.657. The Hall–Kier alpha value is -2.13. The molecule has 3 nitrogen and oxygen atoms in total. The molecule has 0 aliphatic heterocycles. The fourth-order valence-electron chi connectivity index (χ4n) is 2.10. The van der Waals surface area contributed by atoms with E-state index in [1.54, 1.807) is 12.1 Å². The zero-order chi connectivity index (χ0) is 15.1. The van der Waals surface area contributed by atoms with Gasteiger partial charge in [-0.1, -0.05) is 60.7 Å². The topological polar surface area (TPSA) is 46.2 Å². The highest BCUT2D eigenvalue weighted by Crippen LogP contribution is 2.19. The minimum atomic E-state index is -0.370. The number of carbonyl (C=O) groups excluding carboxylic acids is 2. The first kappa shape index (κ1) is 15.3. The van der Waals surface area contributed by atoms with Crippen molar-refractivity contribution in [1.82, 2.24) is 5.32 Å². The Morgan fingerprint density at radius 2 is 1.52 bits per heavy atom. The van der Waals surface area contributed by atoms with Crippen LogP contribution in [0.15, 0.2) is 60.7 Å². The standard InChI is InChI=1S/C17H16ClNO2/c18-12-17(21)19-15(13-7-3-1-4-8-13)11-16(20)14-9-5-2-6-10-14/h1-10,15H,11-12H2,(H,19,21)/t15-/m0/s1. The van der Waals surface area contributed by atoms with Crippen molar-refractivity contribution in [3.05, 3.63) is 71.8 Å². The average Bonchev–Trinajstić information content (AvgIpc) is 2.55. The first-order valence-corrected chi connectivity index (χ1v) is 7.22. The van der Waals surface area contributed by atoms with E-state index in [9.17, 15) is 9.59 Å². The summed E-state index contributed by atoms with van der Waals surface area (Å²) in [5.41, 5.74) is 1.53. The van der Waals surface area contributed by atoms with Gasteiger partial charge in [0.2, 0.25) is 5.91 Å².